The maximum atomic E-state index is 15.1. The van der Waals surface area contributed by atoms with Gasteiger partial charge in [0, 0.05) is 42.2 Å². The van der Waals surface area contributed by atoms with Crippen molar-refractivity contribution in [1.82, 2.24) is 10.6 Å². The van der Waals surface area contributed by atoms with E-state index < -0.39 is 47.5 Å². The van der Waals surface area contributed by atoms with E-state index in [0.717, 1.165) is 58.4 Å². The molecule has 9 N–H and O–H groups in total. The summed E-state index contributed by atoms with van der Waals surface area (Å²) in [4.78, 5) is 29.1. The molecule has 13 heteroatoms. The van der Waals surface area contributed by atoms with Gasteiger partial charge in [0.05, 0.1) is 30.5 Å². The average molecular weight is 1070 g/mol. The number of fused-ring (bicyclic) bond motifs is 7. The zero-order valence-corrected chi connectivity index (χ0v) is 45.8. The molecule has 76 heavy (non-hydrogen) atoms. The number of carbonyl (C=O) groups is 2. The number of β-amino-alcohol motifs (C(OH)–C–C–N with tert-alkyl or cyclic N) is 1. The summed E-state index contributed by atoms with van der Waals surface area (Å²) in [5.41, 5.74) is 13.7. The Bertz CT molecular complexity index is 2810. The summed E-state index contributed by atoms with van der Waals surface area (Å²) in [5, 5.41) is 66.7. The Labute approximate surface area is 457 Å². The first-order valence-electron chi connectivity index (χ1n) is 27.4. The Balaban J connectivity index is 1.09. The number of hydrogen-bond acceptors (Lipinski definition) is 12. The summed E-state index contributed by atoms with van der Waals surface area (Å²) < 4.78 is 6.68. The minimum absolute atomic E-state index is 0.0264. The van der Waals surface area contributed by atoms with Crippen molar-refractivity contribution in [2.45, 2.75) is 146 Å². The van der Waals surface area contributed by atoms with Crippen LogP contribution in [0.4, 0.5) is 0 Å². The predicted octanol–water partition coefficient (Wildman–Crippen LogP) is 8.94. The van der Waals surface area contributed by atoms with Crippen LogP contribution in [0.5, 0.6) is 5.75 Å². The lowest BCUT2D eigenvalue weighted by Crippen LogP contribution is -2.59. The second kappa shape index (κ2) is 24.9. The third-order valence-electron chi connectivity index (χ3n) is 17.5. The molecule has 2 fully saturated rings. The topological polar surface area (TPSA) is 195 Å². The van der Waals surface area contributed by atoms with E-state index in [1.165, 1.54) is 5.57 Å². The van der Waals surface area contributed by atoms with Crippen LogP contribution in [0.1, 0.15) is 124 Å². The third kappa shape index (κ3) is 12.7. The summed E-state index contributed by atoms with van der Waals surface area (Å²) in [6.45, 7) is 8.39. The van der Waals surface area contributed by atoms with Gasteiger partial charge in [0.2, 0.25) is 5.91 Å². The monoisotopic (exact) mass is 1070 g/mol. The number of phenols is 1. The van der Waals surface area contributed by atoms with Gasteiger partial charge in [-0.1, -0.05) is 136 Å². The number of aliphatic hydroxyl groups is 4. The summed E-state index contributed by atoms with van der Waals surface area (Å²) >= 11 is 0. The van der Waals surface area contributed by atoms with Gasteiger partial charge in [-0.05, 0) is 159 Å². The number of amides is 1. The number of allylic oxidation sites excluding steroid dienone is 8. The predicted molar refractivity (Wildman–Crippen MR) is 304 cm³/mol. The van der Waals surface area contributed by atoms with Crippen LogP contribution in [0, 0.1) is 35.0 Å². The van der Waals surface area contributed by atoms with Crippen LogP contribution >= 0.6 is 21.6 Å². The van der Waals surface area contributed by atoms with Crippen LogP contribution in [0.15, 0.2) is 125 Å². The van der Waals surface area contributed by atoms with Gasteiger partial charge in [-0.3, -0.25) is 14.9 Å². The molecular formula is C63H77N3O8S2. The highest BCUT2D eigenvalue weighted by molar-refractivity contribution is 8.76. The quantitative estimate of drug-likeness (QED) is 0.0707. The zero-order chi connectivity index (χ0) is 53.6. The number of aliphatic hydroxyl groups excluding tert-OH is 3. The number of hydrogen-bond donors (Lipinski definition) is 8. The van der Waals surface area contributed by atoms with E-state index in [9.17, 15) is 30.3 Å². The van der Waals surface area contributed by atoms with E-state index in [4.69, 9.17) is 10.5 Å². The van der Waals surface area contributed by atoms with E-state index in [1.807, 2.05) is 85.3 Å². The maximum absolute atomic E-state index is 15.1. The van der Waals surface area contributed by atoms with E-state index in [-0.39, 0.29) is 55.0 Å². The SMILES string of the molecule is C=C1/C=C/C=C(\[C@H]2CC[C@@]3([C@@H]4CC[C@H](O)Cc5cccc(c5)C[C@H](Cc5ccc(O)cc5)[C@H](O)CN[C@H]5C(=O)N[C@@H](N)c6cccc(c65)CC(=O)/C(C)=C/4CC[C@@]3(C)O)[C@@H]2O)CO[C@H]2C#CC/C(=C\CC1)CCSSC2. The van der Waals surface area contributed by atoms with Gasteiger partial charge in [0.15, 0.2) is 5.78 Å². The molecule has 6 aliphatic rings. The number of nitrogens with two attached hydrogens (primary N) is 1. The van der Waals surface area contributed by atoms with E-state index in [1.54, 1.807) is 22.9 Å². The minimum Gasteiger partial charge on any atom is -0.508 e. The molecule has 0 saturated heterocycles. The molecule has 0 aromatic heterocycles. The Morgan fingerprint density at radius 2 is 1.74 bits per heavy atom. The number of ketones is 1. The zero-order valence-electron chi connectivity index (χ0n) is 44.1. The number of Topliss-reactive ketones (excluding diaryl/α,β-unsaturated/α-hetero) is 1. The molecule has 4 aliphatic heterocycles. The molecule has 0 unspecified atom stereocenters. The van der Waals surface area contributed by atoms with Crippen molar-refractivity contribution < 1.29 is 39.9 Å². The van der Waals surface area contributed by atoms with Crippen molar-refractivity contribution in [2.75, 3.05) is 24.7 Å². The molecule has 404 valence electrons. The molecule has 1 spiro atoms. The Morgan fingerprint density at radius 3 is 2.55 bits per heavy atom. The van der Waals surface area contributed by atoms with Gasteiger partial charge >= 0.3 is 0 Å². The molecule has 2 aliphatic carbocycles. The first kappa shape index (κ1) is 56.0. The van der Waals surface area contributed by atoms with Crippen LogP contribution in [0.25, 0.3) is 0 Å². The lowest BCUT2D eigenvalue weighted by atomic mass is 9.52. The Kier molecular flexibility index (Phi) is 18.4. The molecule has 3 aromatic rings. The van der Waals surface area contributed by atoms with Crippen molar-refractivity contribution in [1.29, 1.82) is 0 Å². The van der Waals surface area contributed by atoms with Gasteiger partial charge < -0.3 is 41.3 Å². The Hall–Kier alpha value is -4.72. The normalized spacial score (nSPS) is 35.1. The molecular weight excluding hydrogens is 991 g/mol. The molecule has 9 rings (SSSR count). The minimum atomic E-state index is -1.33. The fourth-order valence-electron chi connectivity index (χ4n) is 13.2. The number of phenolic OH excluding ortho intramolecular Hbond substituents is 1. The second-order valence-electron chi connectivity index (χ2n) is 22.4. The van der Waals surface area contributed by atoms with Crippen molar-refractivity contribution in [3.63, 3.8) is 0 Å². The maximum Gasteiger partial charge on any atom is 0.243 e. The lowest BCUT2D eigenvalue weighted by Gasteiger charge is -2.56. The second-order valence-corrected chi connectivity index (χ2v) is 25.1. The highest BCUT2D eigenvalue weighted by Gasteiger charge is 2.64. The van der Waals surface area contributed by atoms with Gasteiger partial charge in [0.1, 0.15) is 24.1 Å². The standard InChI is InChI=1S/C63H77N3O8S2/c1-39-9-4-11-41-12-7-17-50(38-76-75-30-27-41)74-37-46(16-5-10-39)52-26-29-63(59(52)71)54-24-23-49(68)34-44-14-6-13-43(31-44)33-47(32-42-19-21-48(67)22-20-42)56(70)36-65-58-57-45(15-8-18-53(57)60(64)66-61(58)72)35-55(69)40(2)51(54)25-28-62(63,3)73/h5-6,8,10-11,13-16,18-22,31,47,49-50,52,54,56,58-60,65,67-68,70-71,73H,1,4,9,12,23-30,32-38,64H2,2-3H3,(H,66,72)/b10-5+,41-11+,46-16-,51-40+/t47-,49-,50-,52+,54+,56+,58+,59+,60+,62+,63+/m0/s1. The van der Waals surface area contributed by atoms with Crippen LogP contribution in [-0.4, -0.2) is 91.9 Å². The first-order valence-corrected chi connectivity index (χ1v) is 29.9. The highest BCUT2D eigenvalue weighted by Crippen LogP contribution is 2.63. The number of aromatic hydroxyl groups is 1. The van der Waals surface area contributed by atoms with Gasteiger partial charge in [-0.2, -0.15) is 0 Å². The molecule has 1 amide bonds. The molecule has 4 bridgehead atoms. The fraction of sp³-hybridized carbons (Fsp3) is 0.492. The summed E-state index contributed by atoms with van der Waals surface area (Å²) in [6, 6.07) is 19.7. The largest absolute Gasteiger partial charge is 0.508 e. The van der Waals surface area contributed by atoms with E-state index in [0.29, 0.717) is 92.2 Å². The summed E-state index contributed by atoms with van der Waals surface area (Å²) in [7, 11) is 3.63. The van der Waals surface area contributed by atoms with Crippen molar-refractivity contribution in [2.24, 2.45) is 28.9 Å². The number of carbonyl (C=O) groups excluding carboxylic acids is 2. The summed E-state index contributed by atoms with van der Waals surface area (Å²) in [5.74, 6) is 7.07. The molecule has 0 radical (unpaired) electrons. The highest BCUT2D eigenvalue weighted by atomic mass is 33.1. The molecule has 2 saturated carbocycles. The molecule has 11 atom stereocenters. The van der Waals surface area contributed by atoms with E-state index in [2.05, 4.69) is 47.3 Å². The van der Waals surface area contributed by atoms with Crippen LogP contribution in [0.2, 0.25) is 0 Å². The van der Waals surface area contributed by atoms with Gasteiger partial charge in [0.25, 0.3) is 0 Å². The number of benzene rings is 3. The fourth-order valence-corrected chi connectivity index (χ4v) is 15.4. The summed E-state index contributed by atoms with van der Waals surface area (Å²) in [6.07, 6.45) is 12.0. The van der Waals surface area contributed by atoms with Crippen LogP contribution < -0.4 is 16.4 Å². The molecule has 3 aromatic carbocycles. The third-order valence-corrected chi connectivity index (χ3v) is 19.9. The van der Waals surface area contributed by atoms with Crippen molar-refractivity contribution in [3.05, 3.63) is 159 Å². The average Bonchev–Trinajstić information content (AvgIpc) is 3.81. The first-order chi connectivity index (χ1) is 36.6. The smallest absolute Gasteiger partial charge is 0.243 e. The van der Waals surface area contributed by atoms with Gasteiger partial charge in [-0.25, -0.2) is 0 Å². The van der Waals surface area contributed by atoms with Gasteiger partial charge in [-0.15, -0.1) is 0 Å². The van der Waals surface area contributed by atoms with Crippen molar-refractivity contribution >= 4 is 33.3 Å². The number of ether oxygens (including phenoxy) is 1. The number of nitrogens with one attached hydrogen (secondary N) is 2. The Morgan fingerprint density at radius 1 is 0.947 bits per heavy atom. The van der Waals surface area contributed by atoms with E-state index >= 15 is 4.79 Å². The van der Waals surface area contributed by atoms with Crippen molar-refractivity contribution in [3.8, 4) is 17.6 Å². The molecule has 11 nitrogen and oxygen atoms in total. The molecule has 4 heterocycles. The lowest BCUT2D eigenvalue weighted by molar-refractivity contribution is -0.168. The van der Waals surface area contributed by atoms with Crippen LogP contribution in [-0.2, 0) is 40.0 Å². The van der Waals surface area contributed by atoms with Crippen LogP contribution in [0.3, 0.4) is 0 Å². The number of rotatable bonds is 3.